The molecule has 13 atom stereocenters. The van der Waals surface area contributed by atoms with Gasteiger partial charge in [-0.05, 0) is 31.2 Å². The summed E-state index contributed by atoms with van der Waals surface area (Å²) in [6.45, 7) is -0.787. The van der Waals surface area contributed by atoms with Crippen LogP contribution in [0.3, 0.4) is 0 Å². The van der Waals surface area contributed by atoms with Crippen molar-refractivity contribution in [2.75, 3.05) is 19.8 Å². The molecule has 1 aromatic heterocycles. The van der Waals surface area contributed by atoms with E-state index in [1.165, 1.54) is 31.2 Å². The summed E-state index contributed by atoms with van der Waals surface area (Å²) in [5.41, 5.74) is -3.31. The SMILES string of the molecule is C[C@@H]1O[C@@H](OC[C@H]2O[C@@H](Oc3c(-c4ccc(O)cc4)oc4cc(O)cc(O)c4c3=O)[C@H](O[C@@H]3OC[C@](O)(CO)[C@H]3O)[C@@H](O)[C@H]2O)[C@H](O)[C@H](O)[C@H]1O. The molecule has 280 valence electrons. The first-order chi connectivity index (χ1) is 24.1. The fourth-order valence-electron chi connectivity index (χ4n) is 5.98. The third-order valence-electron chi connectivity index (χ3n) is 9.03. The normalized spacial score (nSPS) is 37.1. The van der Waals surface area contributed by atoms with E-state index in [2.05, 4.69) is 0 Å². The minimum Gasteiger partial charge on any atom is -0.508 e. The first-order valence-corrected chi connectivity index (χ1v) is 15.7. The number of hydrogen-bond acceptors (Lipinski definition) is 19. The van der Waals surface area contributed by atoms with Gasteiger partial charge in [-0.15, -0.1) is 0 Å². The Morgan fingerprint density at radius 1 is 0.843 bits per heavy atom. The Morgan fingerprint density at radius 2 is 1.55 bits per heavy atom. The number of aliphatic hydroxyl groups is 8. The van der Waals surface area contributed by atoms with Crippen molar-refractivity contribution in [2.45, 2.75) is 86.3 Å². The van der Waals surface area contributed by atoms with Crippen molar-refractivity contribution < 1.29 is 89.0 Å². The van der Waals surface area contributed by atoms with E-state index >= 15 is 0 Å². The number of ether oxygens (including phenoxy) is 6. The van der Waals surface area contributed by atoms with E-state index in [1.807, 2.05) is 0 Å². The molecule has 3 aliphatic rings. The van der Waals surface area contributed by atoms with Crippen LogP contribution < -0.4 is 10.2 Å². The summed E-state index contributed by atoms with van der Waals surface area (Å²) in [7, 11) is 0. The maximum absolute atomic E-state index is 14.0. The number of rotatable bonds is 9. The number of phenolic OH excluding ortho intramolecular Hbond substituents is 3. The predicted molar refractivity (Wildman–Crippen MR) is 165 cm³/mol. The molecular formula is C32H38O19. The summed E-state index contributed by atoms with van der Waals surface area (Å²) in [5.74, 6) is -2.27. The standard InChI is InChI=1S/C32H38O19/c1-11-19(37)22(40)24(42)29(47-11)45-8-17-20(38)23(41)27(51-31-28(43)32(44,9-33)10-46-31)30(49-17)50-26-21(39)18-15(36)6-14(35)7-16(18)48-25(26)12-2-4-13(34)5-3-12/h2-7,11,17,19-20,22-24,27-31,33-38,40-44H,8-10H2,1H3/t11-,17+,19-,20-,22+,23-,24+,27+,28-,29+,30-,31-,32+/m0/s1. The van der Waals surface area contributed by atoms with Crippen molar-refractivity contribution in [3.05, 3.63) is 46.6 Å². The van der Waals surface area contributed by atoms with Gasteiger partial charge in [-0.1, -0.05) is 0 Å². The van der Waals surface area contributed by atoms with Gasteiger partial charge in [-0.2, -0.15) is 0 Å². The lowest BCUT2D eigenvalue weighted by atomic mass is 9.97. The summed E-state index contributed by atoms with van der Waals surface area (Å²) < 4.78 is 39.9. The van der Waals surface area contributed by atoms with Gasteiger partial charge in [-0.25, -0.2) is 0 Å². The molecule has 6 rings (SSSR count). The average Bonchev–Trinajstić information content (AvgIpc) is 3.38. The molecule has 3 fully saturated rings. The largest absolute Gasteiger partial charge is 0.508 e. The van der Waals surface area contributed by atoms with Gasteiger partial charge in [0.2, 0.25) is 17.5 Å². The van der Waals surface area contributed by atoms with Crippen LogP contribution in [0.2, 0.25) is 0 Å². The molecule has 3 aromatic rings. The van der Waals surface area contributed by atoms with Crippen LogP contribution in [0.1, 0.15) is 6.92 Å². The highest BCUT2D eigenvalue weighted by Crippen LogP contribution is 2.39. The Kier molecular flexibility index (Phi) is 10.5. The molecule has 3 saturated heterocycles. The van der Waals surface area contributed by atoms with Crippen LogP contribution in [0.5, 0.6) is 23.0 Å². The minimum atomic E-state index is -2.17. The second-order valence-corrected chi connectivity index (χ2v) is 12.6. The van der Waals surface area contributed by atoms with Gasteiger partial charge in [0.25, 0.3) is 0 Å². The van der Waals surface area contributed by atoms with Gasteiger partial charge in [0.05, 0.1) is 25.9 Å². The van der Waals surface area contributed by atoms with E-state index in [0.29, 0.717) is 0 Å². The highest BCUT2D eigenvalue weighted by atomic mass is 16.8. The van der Waals surface area contributed by atoms with E-state index in [4.69, 9.17) is 32.8 Å². The molecule has 0 saturated carbocycles. The zero-order chi connectivity index (χ0) is 36.9. The van der Waals surface area contributed by atoms with E-state index in [0.717, 1.165) is 12.1 Å². The molecule has 0 bridgehead atoms. The molecule has 3 aliphatic heterocycles. The number of aromatic hydroxyl groups is 3. The summed E-state index contributed by atoms with van der Waals surface area (Å²) in [6.07, 6.45) is -20.2. The van der Waals surface area contributed by atoms with Crippen molar-refractivity contribution in [2.24, 2.45) is 0 Å². The van der Waals surface area contributed by atoms with Gasteiger partial charge in [-0.3, -0.25) is 4.79 Å². The number of benzene rings is 2. The molecular weight excluding hydrogens is 688 g/mol. The highest BCUT2D eigenvalue weighted by Gasteiger charge is 2.54. The summed E-state index contributed by atoms with van der Waals surface area (Å²) in [4.78, 5) is 14.0. The van der Waals surface area contributed by atoms with Crippen molar-refractivity contribution >= 4 is 11.0 Å². The van der Waals surface area contributed by atoms with Crippen molar-refractivity contribution in [1.29, 1.82) is 0 Å². The lowest BCUT2D eigenvalue weighted by Gasteiger charge is -2.44. The van der Waals surface area contributed by atoms with E-state index in [1.54, 1.807) is 0 Å². The molecule has 2 aromatic carbocycles. The van der Waals surface area contributed by atoms with Crippen LogP contribution in [0.25, 0.3) is 22.3 Å². The first kappa shape index (κ1) is 37.1. The molecule has 0 unspecified atom stereocenters. The number of hydrogen-bond donors (Lipinski definition) is 11. The van der Waals surface area contributed by atoms with Crippen molar-refractivity contribution in [3.8, 4) is 34.3 Å². The Balaban J connectivity index is 1.38. The summed E-state index contributed by atoms with van der Waals surface area (Å²) in [5, 5.41) is 114. The smallest absolute Gasteiger partial charge is 0.239 e. The van der Waals surface area contributed by atoms with Gasteiger partial charge in [0.15, 0.2) is 24.4 Å². The lowest BCUT2D eigenvalue weighted by Crippen LogP contribution is -2.63. The first-order valence-electron chi connectivity index (χ1n) is 15.7. The Hall–Kier alpha value is -3.67. The lowest BCUT2D eigenvalue weighted by molar-refractivity contribution is -0.335. The van der Waals surface area contributed by atoms with Gasteiger partial charge in [0, 0.05) is 17.7 Å². The molecule has 19 heteroatoms. The van der Waals surface area contributed by atoms with Crippen molar-refractivity contribution in [3.63, 3.8) is 0 Å². The fourth-order valence-corrected chi connectivity index (χ4v) is 5.98. The van der Waals surface area contributed by atoms with Crippen molar-refractivity contribution in [1.82, 2.24) is 0 Å². The average molecular weight is 727 g/mol. The monoisotopic (exact) mass is 726 g/mol. The molecule has 19 nitrogen and oxygen atoms in total. The zero-order valence-electron chi connectivity index (χ0n) is 26.7. The zero-order valence-corrected chi connectivity index (χ0v) is 26.7. The second-order valence-electron chi connectivity index (χ2n) is 12.6. The Bertz CT molecular complexity index is 1750. The highest BCUT2D eigenvalue weighted by molar-refractivity contribution is 5.88. The Morgan fingerprint density at radius 3 is 2.22 bits per heavy atom. The minimum absolute atomic E-state index is 0.138. The molecule has 0 radical (unpaired) electrons. The quantitative estimate of drug-likeness (QED) is 0.105. The van der Waals surface area contributed by atoms with Gasteiger partial charge >= 0.3 is 0 Å². The van der Waals surface area contributed by atoms with Crippen LogP contribution in [0.4, 0.5) is 0 Å². The van der Waals surface area contributed by atoms with Crippen LogP contribution >= 0.6 is 0 Å². The number of phenols is 3. The molecule has 0 aliphatic carbocycles. The van der Waals surface area contributed by atoms with Crippen LogP contribution in [-0.2, 0) is 23.7 Å². The molecule has 11 N–H and O–H groups in total. The van der Waals surface area contributed by atoms with E-state index in [9.17, 15) is 61.0 Å². The third-order valence-corrected chi connectivity index (χ3v) is 9.03. The molecule has 4 heterocycles. The van der Waals surface area contributed by atoms with E-state index in [-0.39, 0.29) is 22.7 Å². The van der Waals surface area contributed by atoms with Gasteiger partial charge < -0.3 is 89.0 Å². The Labute approximate surface area is 287 Å². The molecule has 0 spiro atoms. The fraction of sp³-hybridized carbons (Fsp3) is 0.531. The van der Waals surface area contributed by atoms with Gasteiger partial charge in [0.1, 0.15) is 76.5 Å². The van der Waals surface area contributed by atoms with Crippen LogP contribution in [0, 0.1) is 0 Å². The van der Waals surface area contributed by atoms with Crippen LogP contribution in [0.15, 0.2) is 45.6 Å². The topological polar surface area (TPSA) is 308 Å². The maximum atomic E-state index is 14.0. The molecule has 0 amide bonds. The van der Waals surface area contributed by atoms with E-state index < -0.39 is 127 Å². The predicted octanol–water partition coefficient (Wildman–Crippen LogP) is -2.93. The maximum Gasteiger partial charge on any atom is 0.239 e. The summed E-state index contributed by atoms with van der Waals surface area (Å²) in [6, 6.07) is 7.15. The number of fused-ring (bicyclic) bond motifs is 1. The number of aliphatic hydroxyl groups excluding tert-OH is 7. The van der Waals surface area contributed by atoms with Crippen LogP contribution in [-0.4, -0.2) is 155 Å². The molecule has 51 heavy (non-hydrogen) atoms. The summed E-state index contributed by atoms with van der Waals surface area (Å²) >= 11 is 0. The third kappa shape index (κ3) is 6.97. The second kappa shape index (κ2) is 14.4.